The number of nitrogens with zero attached hydrogens (tertiary/aromatic N) is 4. The van der Waals surface area contributed by atoms with Crippen molar-refractivity contribution >= 4 is 11.9 Å². The lowest BCUT2D eigenvalue weighted by Gasteiger charge is -2.32. The molecule has 0 bridgehead atoms. The standard InChI is InChI=1S/C21H28N6O2/c28-20(16-7-3-1-4-8-16)23-17-10-13-26(14-11-17)21(29)22-15-19-25-24-18-9-5-2-6-12-27(18)19/h1,3-4,7-8,17H,2,5-6,9-15H2,(H,22,29)(H,23,28). The molecule has 2 aliphatic rings. The van der Waals surface area contributed by atoms with Crippen LogP contribution in [0.1, 0.15) is 54.1 Å². The van der Waals surface area contributed by atoms with Gasteiger partial charge in [-0.05, 0) is 37.8 Å². The van der Waals surface area contributed by atoms with Gasteiger partial charge in [0, 0.05) is 37.7 Å². The molecular weight excluding hydrogens is 368 g/mol. The zero-order valence-corrected chi connectivity index (χ0v) is 16.6. The molecule has 0 saturated carbocycles. The van der Waals surface area contributed by atoms with E-state index in [4.69, 9.17) is 0 Å². The summed E-state index contributed by atoms with van der Waals surface area (Å²) in [4.78, 5) is 26.6. The summed E-state index contributed by atoms with van der Waals surface area (Å²) in [6.07, 6.45) is 5.97. The van der Waals surface area contributed by atoms with Gasteiger partial charge in [-0.3, -0.25) is 4.79 Å². The van der Waals surface area contributed by atoms with E-state index < -0.39 is 0 Å². The van der Waals surface area contributed by atoms with E-state index in [2.05, 4.69) is 25.4 Å². The summed E-state index contributed by atoms with van der Waals surface area (Å²) in [7, 11) is 0. The zero-order valence-electron chi connectivity index (χ0n) is 16.6. The molecule has 3 heterocycles. The van der Waals surface area contributed by atoms with Gasteiger partial charge in [-0.1, -0.05) is 24.6 Å². The van der Waals surface area contributed by atoms with E-state index in [1.54, 1.807) is 0 Å². The van der Waals surface area contributed by atoms with E-state index in [9.17, 15) is 9.59 Å². The third-order valence-corrected chi connectivity index (χ3v) is 5.74. The van der Waals surface area contributed by atoms with Crippen LogP contribution in [-0.4, -0.2) is 50.7 Å². The Bertz CT molecular complexity index is 842. The van der Waals surface area contributed by atoms with Crippen molar-refractivity contribution in [3.05, 3.63) is 47.5 Å². The molecule has 2 aliphatic heterocycles. The van der Waals surface area contributed by atoms with Crippen LogP contribution in [0.15, 0.2) is 30.3 Å². The number of piperidine rings is 1. The van der Waals surface area contributed by atoms with Crippen LogP contribution in [0.4, 0.5) is 4.79 Å². The fourth-order valence-electron chi connectivity index (χ4n) is 4.03. The molecule has 29 heavy (non-hydrogen) atoms. The summed E-state index contributed by atoms with van der Waals surface area (Å²) < 4.78 is 2.15. The molecule has 0 unspecified atom stereocenters. The second-order valence-electron chi connectivity index (χ2n) is 7.75. The number of rotatable bonds is 4. The Hall–Kier alpha value is -2.90. The maximum atomic E-state index is 12.5. The fraction of sp³-hybridized carbons (Fsp3) is 0.524. The van der Waals surface area contributed by atoms with Gasteiger partial charge < -0.3 is 20.1 Å². The Labute approximate surface area is 170 Å². The molecule has 1 saturated heterocycles. The Morgan fingerprint density at radius 1 is 1.00 bits per heavy atom. The number of hydrogen-bond donors (Lipinski definition) is 2. The molecule has 154 valence electrons. The Kier molecular flexibility index (Phi) is 6.07. The maximum absolute atomic E-state index is 12.5. The molecule has 1 aromatic carbocycles. The van der Waals surface area contributed by atoms with E-state index in [0.29, 0.717) is 25.2 Å². The molecule has 0 radical (unpaired) electrons. The van der Waals surface area contributed by atoms with Gasteiger partial charge in [-0.2, -0.15) is 0 Å². The van der Waals surface area contributed by atoms with Crippen molar-refractivity contribution in [2.24, 2.45) is 0 Å². The molecule has 8 heteroatoms. The summed E-state index contributed by atoms with van der Waals surface area (Å²) in [6, 6.07) is 9.24. The molecule has 4 rings (SSSR count). The summed E-state index contributed by atoms with van der Waals surface area (Å²) in [5, 5.41) is 14.6. The normalized spacial score (nSPS) is 17.3. The minimum atomic E-state index is -0.0798. The topological polar surface area (TPSA) is 92.2 Å². The summed E-state index contributed by atoms with van der Waals surface area (Å²) in [6.45, 7) is 2.59. The highest BCUT2D eigenvalue weighted by Crippen LogP contribution is 2.15. The van der Waals surface area contributed by atoms with Gasteiger partial charge in [0.15, 0.2) is 5.82 Å². The van der Waals surface area contributed by atoms with Crippen LogP contribution in [0, 0.1) is 0 Å². The van der Waals surface area contributed by atoms with Gasteiger partial charge in [0.1, 0.15) is 5.82 Å². The average molecular weight is 396 g/mol. The lowest BCUT2D eigenvalue weighted by atomic mass is 10.0. The lowest BCUT2D eigenvalue weighted by molar-refractivity contribution is 0.0918. The molecule has 8 nitrogen and oxygen atoms in total. The smallest absolute Gasteiger partial charge is 0.317 e. The molecule has 0 aliphatic carbocycles. The summed E-state index contributed by atoms with van der Waals surface area (Å²) >= 11 is 0. The van der Waals surface area contributed by atoms with E-state index >= 15 is 0 Å². The largest absolute Gasteiger partial charge is 0.349 e. The zero-order chi connectivity index (χ0) is 20.1. The fourth-order valence-corrected chi connectivity index (χ4v) is 4.03. The summed E-state index contributed by atoms with van der Waals surface area (Å²) in [5.74, 6) is 1.81. The minimum Gasteiger partial charge on any atom is -0.349 e. The number of amides is 3. The van der Waals surface area contributed by atoms with Crippen LogP contribution < -0.4 is 10.6 Å². The third-order valence-electron chi connectivity index (χ3n) is 5.74. The molecule has 1 aromatic heterocycles. The molecule has 0 atom stereocenters. The summed E-state index contributed by atoms with van der Waals surface area (Å²) in [5.41, 5.74) is 0.667. The number of carbonyl (C=O) groups excluding carboxylic acids is 2. The maximum Gasteiger partial charge on any atom is 0.317 e. The number of fused-ring (bicyclic) bond motifs is 1. The van der Waals surface area contributed by atoms with Crippen LogP contribution in [0.3, 0.4) is 0 Å². The van der Waals surface area contributed by atoms with E-state index in [0.717, 1.165) is 50.3 Å². The van der Waals surface area contributed by atoms with Crippen LogP contribution in [0.25, 0.3) is 0 Å². The Morgan fingerprint density at radius 3 is 2.59 bits per heavy atom. The number of urea groups is 1. The monoisotopic (exact) mass is 396 g/mol. The molecule has 2 aromatic rings. The SMILES string of the molecule is O=C(NC1CCN(C(=O)NCc2nnc3n2CCCCC3)CC1)c1ccccc1. The minimum absolute atomic E-state index is 0.0546. The van der Waals surface area contributed by atoms with Gasteiger partial charge in [-0.25, -0.2) is 4.79 Å². The molecular formula is C21H28N6O2. The highest BCUT2D eigenvalue weighted by molar-refractivity contribution is 5.94. The predicted molar refractivity (Wildman–Crippen MR) is 108 cm³/mol. The van der Waals surface area contributed by atoms with Gasteiger partial charge in [0.2, 0.25) is 0 Å². The average Bonchev–Trinajstić information content (AvgIpc) is 2.99. The van der Waals surface area contributed by atoms with Crippen LogP contribution >= 0.6 is 0 Å². The first kappa shape index (κ1) is 19.4. The van der Waals surface area contributed by atoms with Gasteiger partial charge >= 0.3 is 6.03 Å². The number of carbonyl (C=O) groups is 2. The predicted octanol–water partition coefficient (Wildman–Crippen LogP) is 2.11. The van der Waals surface area contributed by atoms with Gasteiger partial charge in [0.25, 0.3) is 5.91 Å². The quantitative estimate of drug-likeness (QED) is 0.828. The van der Waals surface area contributed by atoms with E-state index in [1.165, 1.54) is 6.42 Å². The number of aryl methyl sites for hydroxylation is 1. The van der Waals surface area contributed by atoms with E-state index in [-0.39, 0.29) is 18.0 Å². The van der Waals surface area contributed by atoms with Gasteiger partial charge in [0.05, 0.1) is 6.54 Å². The highest BCUT2D eigenvalue weighted by atomic mass is 16.2. The first-order chi connectivity index (χ1) is 14.2. The van der Waals surface area contributed by atoms with Crippen molar-refractivity contribution in [1.29, 1.82) is 0 Å². The van der Waals surface area contributed by atoms with Crippen LogP contribution in [-0.2, 0) is 19.5 Å². The van der Waals surface area contributed by atoms with Gasteiger partial charge in [-0.15, -0.1) is 10.2 Å². The lowest BCUT2D eigenvalue weighted by Crippen LogP contribution is -2.49. The highest BCUT2D eigenvalue weighted by Gasteiger charge is 2.24. The molecule has 0 spiro atoms. The van der Waals surface area contributed by atoms with Crippen molar-refractivity contribution in [3.8, 4) is 0 Å². The number of likely N-dealkylation sites (tertiary alicyclic amines) is 1. The van der Waals surface area contributed by atoms with Crippen molar-refractivity contribution in [2.75, 3.05) is 13.1 Å². The second-order valence-corrected chi connectivity index (χ2v) is 7.75. The molecule has 1 fully saturated rings. The second kappa shape index (κ2) is 9.07. The Morgan fingerprint density at radius 2 is 1.79 bits per heavy atom. The van der Waals surface area contributed by atoms with Crippen molar-refractivity contribution < 1.29 is 9.59 Å². The Balaban J connectivity index is 1.23. The molecule has 2 N–H and O–H groups in total. The first-order valence-corrected chi connectivity index (χ1v) is 10.5. The first-order valence-electron chi connectivity index (χ1n) is 10.5. The number of nitrogens with one attached hydrogen (secondary N) is 2. The molecule has 3 amide bonds. The van der Waals surface area contributed by atoms with Crippen LogP contribution in [0.5, 0.6) is 0 Å². The van der Waals surface area contributed by atoms with Crippen molar-refractivity contribution in [3.63, 3.8) is 0 Å². The number of hydrogen-bond acceptors (Lipinski definition) is 4. The van der Waals surface area contributed by atoms with Crippen LogP contribution in [0.2, 0.25) is 0 Å². The van der Waals surface area contributed by atoms with E-state index in [1.807, 2.05) is 35.2 Å². The number of aromatic nitrogens is 3. The third kappa shape index (κ3) is 4.75. The number of benzene rings is 1. The van der Waals surface area contributed by atoms with Crippen molar-refractivity contribution in [2.45, 2.75) is 57.7 Å². The van der Waals surface area contributed by atoms with Crippen molar-refractivity contribution in [1.82, 2.24) is 30.3 Å².